The number of nitrogens with zero attached hydrogens (tertiary/aromatic N) is 1. The van der Waals surface area contributed by atoms with Crippen LogP contribution in [0.5, 0.6) is 5.75 Å². The summed E-state index contributed by atoms with van der Waals surface area (Å²) in [5.41, 5.74) is 2.39. The molecule has 1 aromatic heterocycles. The lowest BCUT2D eigenvalue weighted by atomic mass is 10.2. The van der Waals surface area contributed by atoms with E-state index in [9.17, 15) is 4.79 Å². The maximum Gasteiger partial charge on any atom is 0.325 e. The molecule has 0 unspecified atom stereocenters. The van der Waals surface area contributed by atoms with Gasteiger partial charge >= 0.3 is 6.03 Å². The van der Waals surface area contributed by atoms with Crippen molar-refractivity contribution in [3.63, 3.8) is 0 Å². The number of benzene rings is 2. The highest BCUT2D eigenvalue weighted by Gasteiger charge is 2.11. The number of aryl methyl sites for hydroxylation is 1. The molecule has 0 bridgehead atoms. The number of halogens is 1. The van der Waals surface area contributed by atoms with Crippen molar-refractivity contribution in [2.75, 3.05) is 17.2 Å². The number of aromatic nitrogens is 1. The first-order valence-electron chi connectivity index (χ1n) is 7.43. The fraction of sp³-hybridized carbons (Fsp3) is 0.176. The van der Waals surface area contributed by atoms with E-state index in [0.717, 1.165) is 21.5 Å². The van der Waals surface area contributed by atoms with E-state index in [1.54, 1.807) is 12.1 Å². The SMILES string of the molecule is CCOc1ccc(NC(=O)Nc2nc3c(C)c(Cl)ccc3s2)cc1. The van der Waals surface area contributed by atoms with Crippen LogP contribution in [0, 0.1) is 6.92 Å². The molecule has 2 amide bonds. The minimum Gasteiger partial charge on any atom is -0.494 e. The first-order valence-corrected chi connectivity index (χ1v) is 8.62. The average molecular weight is 362 g/mol. The summed E-state index contributed by atoms with van der Waals surface area (Å²) < 4.78 is 6.35. The van der Waals surface area contributed by atoms with Crippen LogP contribution in [0.4, 0.5) is 15.6 Å². The summed E-state index contributed by atoms with van der Waals surface area (Å²) in [6.45, 7) is 4.44. The molecule has 5 nitrogen and oxygen atoms in total. The van der Waals surface area contributed by atoms with Crippen molar-refractivity contribution < 1.29 is 9.53 Å². The van der Waals surface area contributed by atoms with Crippen molar-refractivity contribution in [1.29, 1.82) is 0 Å². The maximum absolute atomic E-state index is 12.1. The van der Waals surface area contributed by atoms with E-state index in [4.69, 9.17) is 16.3 Å². The smallest absolute Gasteiger partial charge is 0.325 e. The molecule has 7 heteroatoms. The molecule has 24 heavy (non-hydrogen) atoms. The van der Waals surface area contributed by atoms with Gasteiger partial charge < -0.3 is 10.1 Å². The molecule has 3 aromatic rings. The first-order chi connectivity index (χ1) is 11.6. The van der Waals surface area contributed by atoms with Gasteiger partial charge in [-0.2, -0.15) is 0 Å². The van der Waals surface area contributed by atoms with Gasteiger partial charge in [-0.05, 0) is 55.8 Å². The molecular formula is C17H16ClN3O2S. The molecule has 0 aliphatic heterocycles. The van der Waals surface area contributed by atoms with Crippen molar-refractivity contribution in [1.82, 2.24) is 4.98 Å². The Bertz CT molecular complexity index is 877. The number of amides is 2. The van der Waals surface area contributed by atoms with E-state index in [2.05, 4.69) is 15.6 Å². The molecule has 0 radical (unpaired) electrons. The van der Waals surface area contributed by atoms with Crippen LogP contribution in [-0.4, -0.2) is 17.6 Å². The number of carbonyl (C=O) groups excluding carboxylic acids is 1. The van der Waals surface area contributed by atoms with Crippen molar-refractivity contribution in [2.24, 2.45) is 0 Å². The number of rotatable bonds is 4. The van der Waals surface area contributed by atoms with Gasteiger partial charge in [-0.3, -0.25) is 5.32 Å². The van der Waals surface area contributed by atoms with Gasteiger partial charge in [0.25, 0.3) is 0 Å². The summed E-state index contributed by atoms with van der Waals surface area (Å²) >= 11 is 7.51. The number of anilines is 2. The molecule has 0 saturated heterocycles. The van der Waals surface area contributed by atoms with Crippen LogP contribution in [0.15, 0.2) is 36.4 Å². The minimum atomic E-state index is -0.345. The molecule has 0 saturated carbocycles. The third-order valence-corrected chi connectivity index (χ3v) is 4.74. The monoisotopic (exact) mass is 361 g/mol. The van der Waals surface area contributed by atoms with Gasteiger partial charge in [-0.15, -0.1) is 0 Å². The van der Waals surface area contributed by atoms with E-state index in [1.807, 2.05) is 38.1 Å². The lowest BCUT2D eigenvalue weighted by Crippen LogP contribution is -2.19. The Morgan fingerprint density at radius 1 is 1.21 bits per heavy atom. The molecular weight excluding hydrogens is 346 g/mol. The summed E-state index contributed by atoms with van der Waals surface area (Å²) in [7, 11) is 0. The molecule has 3 rings (SSSR count). The van der Waals surface area contributed by atoms with Crippen LogP contribution >= 0.6 is 22.9 Å². The predicted molar refractivity (Wildman–Crippen MR) is 99.6 cm³/mol. The van der Waals surface area contributed by atoms with Crippen LogP contribution in [-0.2, 0) is 0 Å². The molecule has 0 aliphatic rings. The molecule has 2 aromatic carbocycles. The summed E-state index contributed by atoms with van der Waals surface area (Å²) in [5.74, 6) is 0.766. The molecule has 2 N–H and O–H groups in total. The minimum absolute atomic E-state index is 0.345. The molecule has 0 atom stereocenters. The number of hydrogen-bond acceptors (Lipinski definition) is 4. The van der Waals surface area contributed by atoms with Crippen molar-refractivity contribution in [2.45, 2.75) is 13.8 Å². The van der Waals surface area contributed by atoms with Gasteiger partial charge in [-0.1, -0.05) is 22.9 Å². The summed E-state index contributed by atoms with van der Waals surface area (Å²) in [6, 6.07) is 10.6. The fourth-order valence-electron chi connectivity index (χ4n) is 2.21. The second-order valence-corrected chi connectivity index (χ2v) is 6.51. The number of fused-ring (bicyclic) bond motifs is 1. The molecule has 124 valence electrons. The zero-order valence-corrected chi connectivity index (χ0v) is 14.8. The van der Waals surface area contributed by atoms with E-state index in [0.29, 0.717) is 22.4 Å². The van der Waals surface area contributed by atoms with Crippen LogP contribution in [0.2, 0.25) is 5.02 Å². The van der Waals surface area contributed by atoms with Crippen molar-refractivity contribution in [3.8, 4) is 5.75 Å². The largest absolute Gasteiger partial charge is 0.494 e. The van der Waals surface area contributed by atoms with E-state index in [1.165, 1.54) is 11.3 Å². The lowest BCUT2D eigenvalue weighted by Gasteiger charge is -2.07. The van der Waals surface area contributed by atoms with E-state index in [-0.39, 0.29) is 6.03 Å². The second kappa shape index (κ2) is 7.07. The summed E-state index contributed by atoms with van der Waals surface area (Å²) in [5, 5.41) is 6.71. The van der Waals surface area contributed by atoms with Gasteiger partial charge in [-0.25, -0.2) is 9.78 Å². The highest BCUT2D eigenvalue weighted by atomic mass is 35.5. The van der Waals surface area contributed by atoms with Gasteiger partial charge in [0.05, 0.1) is 16.8 Å². The van der Waals surface area contributed by atoms with Crippen molar-refractivity contribution >= 4 is 50.0 Å². The Labute approximate surface area is 148 Å². The first kappa shape index (κ1) is 16.5. The van der Waals surface area contributed by atoms with Gasteiger partial charge in [0.15, 0.2) is 5.13 Å². The van der Waals surface area contributed by atoms with Gasteiger partial charge in [0.1, 0.15) is 5.75 Å². The highest BCUT2D eigenvalue weighted by molar-refractivity contribution is 7.22. The average Bonchev–Trinajstić information content (AvgIpc) is 2.96. The quantitative estimate of drug-likeness (QED) is 0.662. The number of urea groups is 1. The Kier molecular flexibility index (Phi) is 4.87. The van der Waals surface area contributed by atoms with Crippen LogP contribution in [0.25, 0.3) is 10.2 Å². The standard InChI is InChI=1S/C17H16ClN3O2S/c1-3-23-12-6-4-11(5-7-12)19-16(22)21-17-20-15-10(2)13(18)8-9-14(15)24-17/h4-9H,3H2,1-2H3,(H2,19,20,21,22). The number of carbonyl (C=O) groups is 1. The predicted octanol–water partition coefficient (Wildman–Crippen LogP) is 5.30. The van der Waals surface area contributed by atoms with E-state index < -0.39 is 0 Å². The number of ether oxygens (including phenoxy) is 1. The van der Waals surface area contributed by atoms with Crippen LogP contribution in [0.1, 0.15) is 12.5 Å². The highest BCUT2D eigenvalue weighted by Crippen LogP contribution is 2.31. The third kappa shape index (κ3) is 3.60. The summed E-state index contributed by atoms with van der Waals surface area (Å²) in [4.78, 5) is 16.5. The number of hydrogen-bond donors (Lipinski definition) is 2. The third-order valence-electron chi connectivity index (χ3n) is 3.39. The molecule has 1 heterocycles. The Balaban J connectivity index is 1.69. The number of thiazole rings is 1. The van der Waals surface area contributed by atoms with Crippen LogP contribution < -0.4 is 15.4 Å². The fourth-order valence-corrected chi connectivity index (χ4v) is 3.29. The Morgan fingerprint density at radius 3 is 2.67 bits per heavy atom. The summed E-state index contributed by atoms with van der Waals surface area (Å²) in [6.07, 6.45) is 0. The zero-order valence-electron chi connectivity index (χ0n) is 13.2. The van der Waals surface area contributed by atoms with Gasteiger partial charge in [0.2, 0.25) is 0 Å². The second-order valence-electron chi connectivity index (χ2n) is 5.07. The molecule has 0 aliphatic carbocycles. The number of nitrogens with one attached hydrogen (secondary N) is 2. The Morgan fingerprint density at radius 2 is 1.96 bits per heavy atom. The van der Waals surface area contributed by atoms with Crippen LogP contribution in [0.3, 0.4) is 0 Å². The zero-order chi connectivity index (χ0) is 17.1. The topological polar surface area (TPSA) is 63.2 Å². The normalized spacial score (nSPS) is 10.6. The lowest BCUT2D eigenvalue weighted by molar-refractivity contribution is 0.262. The van der Waals surface area contributed by atoms with Gasteiger partial charge in [0, 0.05) is 10.7 Å². The van der Waals surface area contributed by atoms with E-state index >= 15 is 0 Å². The molecule has 0 fully saturated rings. The maximum atomic E-state index is 12.1. The molecule has 0 spiro atoms. The Hall–Kier alpha value is -2.31. The van der Waals surface area contributed by atoms with Crippen molar-refractivity contribution in [3.05, 3.63) is 47.0 Å².